The van der Waals surface area contributed by atoms with Gasteiger partial charge in [0.2, 0.25) is 6.10 Å². The van der Waals surface area contributed by atoms with Crippen LogP contribution in [0.15, 0.2) is 60.0 Å². The van der Waals surface area contributed by atoms with Gasteiger partial charge in [0.1, 0.15) is 18.1 Å². The monoisotopic (exact) mass is 388 g/mol. The molecular weight excluding hydrogens is 373 g/mol. The lowest BCUT2D eigenvalue weighted by Crippen LogP contribution is -2.39. The van der Waals surface area contributed by atoms with E-state index in [1.54, 1.807) is 18.2 Å². The standard InChI is InChI=1S/C17H15F3O5S/c1-2-12-3-5-14(6-4-12)25-16(17(18,19)20)11-24-13-7-9-15(10-8-13)26(21,22)23/h2-10,16H,1,11H2,(H,21,22,23). The topological polar surface area (TPSA) is 72.8 Å². The number of alkyl halides is 3. The molecule has 0 heterocycles. The maximum absolute atomic E-state index is 13.1. The Balaban J connectivity index is 2.07. The van der Waals surface area contributed by atoms with Gasteiger partial charge in [-0.3, -0.25) is 4.55 Å². The molecule has 0 saturated heterocycles. The second kappa shape index (κ2) is 7.79. The zero-order chi connectivity index (χ0) is 19.4. The highest BCUT2D eigenvalue weighted by Gasteiger charge is 2.42. The Hall–Kier alpha value is -2.52. The molecule has 0 amide bonds. The summed E-state index contributed by atoms with van der Waals surface area (Å²) >= 11 is 0. The van der Waals surface area contributed by atoms with Crippen molar-refractivity contribution in [3.05, 3.63) is 60.7 Å². The van der Waals surface area contributed by atoms with E-state index in [2.05, 4.69) is 6.58 Å². The molecular formula is C17H15F3O5S. The van der Waals surface area contributed by atoms with Crippen LogP contribution in [0.1, 0.15) is 5.56 Å². The Labute approximate surface area is 148 Å². The quantitative estimate of drug-likeness (QED) is 0.727. The second-order valence-corrected chi connectivity index (χ2v) is 6.60. The van der Waals surface area contributed by atoms with E-state index < -0.39 is 33.9 Å². The van der Waals surface area contributed by atoms with E-state index in [-0.39, 0.29) is 11.5 Å². The van der Waals surface area contributed by atoms with Gasteiger partial charge in [-0.2, -0.15) is 21.6 Å². The van der Waals surface area contributed by atoms with E-state index in [0.29, 0.717) is 0 Å². The zero-order valence-electron chi connectivity index (χ0n) is 13.3. The van der Waals surface area contributed by atoms with Crippen molar-refractivity contribution in [3.63, 3.8) is 0 Å². The van der Waals surface area contributed by atoms with Crippen molar-refractivity contribution >= 4 is 16.2 Å². The molecule has 0 saturated carbocycles. The molecule has 0 radical (unpaired) electrons. The van der Waals surface area contributed by atoms with Gasteiger partial charge in [-0.05, 0) is 42.0 Å². The first-order valence-electron chi connectivity index (χ1n) is 7.26. The third-order valence-electron chi connectivity index (χ3n) is 3.28. The van der Waals surface area contributed by atoms with E-state index in [4.69, 9.17) is 14.0 Å². The lowest BCUT2D eigenvalue weighted by Gasteiger charge is -2.22. The van der Waals surface area contributed by atoms with Gasteiger partial charge in [-0.1, -0.05) is 24.8 Å². The highest BCUT2D eigenvalue weighted by atomic mass is 32.2. The average molecular weight is 388 g/mol. The minimum Gasteiger partial charge on any atom is -0.489 e. The lowest BCUT2D eigenvalue weighted by atomic mass is 10.2. The SMILES string of the molecule is C=Cc1ccc(OC(COc2ccc(S(=O)(=O)O)cc2)C(F)(F)F)cc1. The fourth-order valence-electron chi connectivity index (χ4n) is 1.92. The van der Waals surface area contributed by atoms with Gasteiger partial charge in [-0.15, -0.1) is 0 Å². The van der Waals surface area contributed by atoms with Crippen LogP contribution >= 0.6 is 0 Å². The van der Waals surface area contributed by atoms with Crippen molar-refractivity contribution < 1.29 is 35.6 Å². The predicted octanol–water partition coefficient (Wildman–Crippen LogP) is 3.97. The normalized spacial score (nSPS) is 13.1. The lowest BCUT2D eigenvalue weighted by molar-refractivity contribution is -0.202. The second-order valence-electron chi connectivity index (χ2n) is 5.18. The van der Waals surface area contributed by atoms with Crippen molar-refractivity contribution in [2.75, 3.05) is 6.61 Å². The van der Waals surface area contributed by atoms with E-state index in [1.807, 2.05) is 0 Å². The molecule has 0 bridgehead atoms. The molecule has 0 spiro atoms. The number of rotatable bonds is 7. The number of benzene rings is 2. The van der Waals surface area contributed by atoms with Gasteiger partial charge in [0.05, 0.1) is 4.90 Å². The molecule has 26 heavy (non-hydrogen) atoms. The molecule has 0 aliphatic heterocycles. The summed E-state index contributed by atoms with van der Waals surface area (Å²) in [4.78, 5) is -0.393. The molecule has 2 aromatic rings. The molecule has 0 aliphatic rings. The van der Waals surface area contributed by atoms with Gasteiger partial charge in [-0.25, -0.2) is 0 Å². The van der Waals surface area contributed by atoms with Gasteiger partial charge >= 0.3 is 6.18 Å². The summed E-state index contributed by atoms with van der Waals surface area (Å²) in [5.74, 6) is 0.0144. The molecule has 2 aromatic carbocycles. The predicted molar refractivity (Wildman–Crippen MR) is 88.8 cm³/mol. The van der Waals surface area contributed by atoms with Gasteiger partial charge in [0, 0.05) is 0 Å². The summed E-state index contributed by atoms with van der Waals surface area (Å²) in [5.41, 5.74) is 0.732. The number of hydrogen-bond acceptors (Lipinski definition) is 4. The van der Waals surface area contributed by atoms with Crippen LogP contribution in [0.3, 0.4) is 0 Å². The third kappa shape index (κ3) is 5.50. The summed E-state index contributed by atoms with van der Waals surface area (Å²) in [6.45, 7) is 2.72. The fourth-order valence-corrected chi connectivity index (χ4v) is 2.40. The highest BCUT2D eigenvalue weighted by molar-refractivity contribution is 7.85. The first-order valence-corrected chi connectivity index (χ1v) is 8.70. The van der Waals surface area contributed by atoms with Crippen LogP contribution in [0.2, 0.25) is 0 Å². The molecule has 0 aromatic heterocycles. The smallest absolute Gasteiger partial charge is 0.428 e. The molecule has 0 aliphatic carbocycles. The van der Waals surface area contributed by atoms with E-state index in [1.165, 1.54) is 12.1 Å². The molecule has 140 valence electrons. The molecule has 1 N–H and O–H groups in total. The fraction of sp³-hybridized carbons (Fsp3) is 0.176. The summed E-state index contributed by atoms with van der Waals surface area (Å²) in [5, 5.41) is 0. The Bertz CT molecular complexity index is 843. The number of ether oxygens (including phenoxy) is 2. The minimum absolute atomic E-state index is 0.00254. The first-order chi connectivity index (χ1) is 12.1. The summed E-state index contributed by atoms with van der Waals surface area (Å²) in [7, 11) is -4.39. The average Bonchev–Trinajstić information content (AvgIpc) is 2.57. The largest absolute Gasteiger partial charge is 0.489 e. The van der Waals surface area contributed by atoms with E-state index in [0.717, 1.165) is 29.8 Å². The van der Waals surface area contributed by atoms with Crippen LogP contribution in [-0.2, 0) is 10.1 Å². The number of hydrogen-bond donors (Lipinski definition) is 1. The Morgan fingerprint density at radius 3 is 2.04 bits per heavy atom. The minimum atomic E-state index is -4.68. The van der Waals surface area contributed by atoms with Crippen LogP contribution in [-0.4, -0.2) is 31.9 Å². The molecule has 5 nitrogen and oxygen atoms in total. The zero-order valence-corrected chi connectivity index (χ0v) is 14.1. The Morgan fingerprint density at radius 1 is 1.04 bits per heavy atom. The van der Waals surface area contributed by atoms with Crippen LogP contribution < -0.4 is 9.47 Å². The Morgan fingerprint density at radius 2 is 1.58 bits per heavy atom. The molecule has 0 fully saturated rings. The molecule has 9 heteroatoms. The molecule has 2 rings (SSSR count). The van der Waals surface area contributed by atoms with Gasteiger partial charge in [0.15, 0.2) is 0 Å². The van der Waals surface area contributed by atoms with Crippen LogP contribution in [0.25, 0.3) is 6.08 Å². The van der Waals surface area contributed by atoms with Gasteiger partial charge in [0.25, 0.3) is 10.1 Å². The van der Waals surface area contributed by atoms with E-state index in [9.17, 15) is 21.6 Å². The maximum atomic E-state index is 13.1. The van der Waals surface area contributed by atoms with Crippen molar-refractivity contribution in [1.29, 1.82) is 0 Å². The highest BCUT2D eigenvalue weighted by Crippen LogP contribution is 2.27. The molecule has 1 unspecified atom stereocenters. The summed E-state index contributed by atoms with van der Waals surface area (Å²) in [6.07, 6.45) is -5.35. The molecule has 1 atom stereocenters. The summed E-state index contributed by atoms with van der Waals surface area (Å²) < 4.78 is 80.1. The van der Waals surface area contributed by atoms with Crippen LogP contribution in [0, 0.1) is 0 Å². The van der Waals surface area contributed by atoms with E-state index >= 15 is 0 Å². The van der Waals surface area contributed by atoms with Crippen molar-refractivity contribution in [2.24, 2.45) is 0 Å². The Kier molecular flexibility index (Phi) is 5.94. The van der Waals surface area contributed by atoms with Crippen LogP contribution in [0.5, 0.6) is 11.5 Å². The van der Waals surface area contributed by atoms with Crippen molar-refractivity contribution in [1.82, 2.24) is 0 Å². The maximum Gasteiger partial charge on any atom is 0.428 e. The summed E-state index contributed by atoms with van der Waals surface area (Å²) in [6, 6.07) is 10.2. The van der Waals surface area contributed by atoms with Gasteiger partial charge < -0.3 is 9.47 Å². The van der Waals surface area contributed by atoms with Crippen molar-refractivity contribution in [3.8, 4) is 11.5 Å². The van der Waals surface area contributed by atoms with Crippen molar-refractivity contribution in [2.45, 2.75) is 17.2 Å². The first kappa shape index (κ1) is 19.8. The third-order valence-corrected chi connectivity index (χ3v) is 4.15. The number of halogens is 3. The van der Waals surface area contributed by atoms with Crippen LogP contribution in [0.4, 0.5) is 13.2 Å².